The lowest BCUT2D eigenvalue weighted by atomic mass is 9.90. The van der Waals surface area contributed by atoms with Crippen LogP contribution in [0.3, 0.4) is 0 Å². The van der Waals surface area contributed by atoms with Crippen LogP contribution in [0.25, 0.3) is 0 Å². The number of rotatable bonds is 5. The highest BCUT2D eigenvalue weighted by molar-refractivity contribution is 4.78. The Morgan fingerprint density at radius 2 is 1.94 bits per heavy atom. The summed E-state index contributed by atoms with van der Waals surface area (Å²) in [5.74, 6) is 0.625. The topological polar surface area (TPSA) is 24.5 Å². The van der Waals surface area contributed by atoms with Crippen molar-refractivity contribution in [3.63, 3.8) is 0 Å². The van der Waals surface area contributed by atoms with E-state index in [-0.39, 0.29) is 6.61 Å². The molecule has 0 aliphatic carbocycles. The van der Waals surface area contributed by atoms with Gasteiger partial charge in [0.1, 0.15) is 0 Å². The fraction of sp³-hybridized carbons (Fsp3) is 1.00. The number of likely N-dealkylation sites (tertiary alicyclic amines) is 1. The molecule has 0 bridgehead atoms. The first-order chi connectivity index (χ1) is 7.92. The molecule has 3 nitrogen and oxygen atoms in total. The molecule has 1 unspecified atom stereocenters. The van der Waals surface area contributed by atoms with Crippen molar-refractivity contribution in [1.29, 1.82) is 0 Å². The van der Waals surface area contributed by atoms with Crippen LogP contribution >= 0.6 is 0 Å². The highest BCUT2D eigenvalue weighted by Gasteiger charge is 2.29. The highest BCUT2D eigenvalue weighted by Crippen LogP contribution is 2.21. The van der Waals surface area contributed by atoms with E-state index in [9.17, 15) is 13.2 Å². The molecule has 0 aromatic rings. The van der Waals surface area contributed by atoms with Crippen molar-refractivity contribution in [3.05, 3.63) is 0 Å². The number of hydrogen-bond acceptors (Lipinski definition) is 3. The first kappa shape index (κ1) is 14.7. The molecule has 1 N–H and O–H groups in total. The summed E-state index contributed by atoms with van der Waals surface area (Å²) in [6.45, 7) is 3.96. The highest BCUT2D eigenvalue weighted by atomic mass is 19.4. The summed E-state index contributed by atoms with van der Waals surface area (Å²) in [5, 5.41) is 3.22. The minimum Gasteiger partial charge on any atom is -0.317 e. The van der Waals surface area contributed by atoms with E-state index >= 15 is 0 Å². The van der Waals surface area contributed by atoms with Gasteiger partial charge in [-0.25, -0.2) is 0 Å². The quantitative estimate of drug-likeness (QED) is 0.810. The molecule has 1 heterocycles. The standard InChI is InChI=1S/C11H21F3N2O/c1-9(15-2)10-3-5-16(6-4-10)7-8-17-11(12,13)14/h9-10,15H,3-8H2,1-2H3. The Morgan fingerprint density at radius 1 is 1.35 bits per heavy atom. The van der Waals surface area contributed by atoms with Crippen molar-refractivity contribution >= 4 is 0 Å². The van der Waals surface area contributed by atoms with Crippen LogP contribution in [0.5, 0.6) is 0 Å². The van der Waals surface area contributed by atoms with Crippen molar-refractivity contribution in [1.82, 2.24) is 10.2 Å². The molecule has 102 valence electrons. The van der Waals surface area contributed by atoms with Gasteiger partial charge in [-0.1, -0.05) is 0 Å². The molecule has 0 radical (unpaired) electrons. The van der Waals surface area contributed by atoms with Gasteiger partial charge in [0.25, 0.3) is 0 Å². The van der Waals surface area contributed by atoms with Crippen molar-refractivity contribution in [3.8, 4) is 0 Å². The molecule has 0 spiro atoms. The van der Waals surface area contributed by atoms with Gasteiger partial charge in [-0.2, -0.15) is 0 Å². The SMILES string of the molecule is CNC(C)C1CCN(CCOC(F)(F)F)CC1. The molecule has 0 saturated carbocycles. The Labute approximate surface area is 100 Å². The van der Waals surface area contributed by atoms with Crippen LogP contribution in [0, 0.1) is 5.92 Å². The third-order valence-electron chi connectivity index (χ3n) is 3.47. The number of halogens is 3. The van der Waals surface area contributed by atoms with Crippen molar-refractivity contribution in [2.75, 3.05) is 33.3 Å². The predicted molar refractivity (Wildman–Crippen MR) is 59.7 cm³/mol. The Kier molecular flexibility index (Phi) is 5.69. The number of hydrogen-bond donors (Lipinski definition) is 1. The normalized spacial score (nSPS) is 21.7. The van der Waals surface area contributed by atoms with E-state index < -0.39 is 6.36 Å². The van der Waals surface area contributed by atoms with Gasteiger partial charge in [-0.3, -0.25) is 4.74 Å². The number of ether oxygens (including phenoxy) is 1. The van der Waals surface area contributed by atoms with Crippen LogP contribution in [-0.4, -0.2) is 50.6 Å². The fourth-order valence-electron chi connectivity index (χ4n) is 2.20. The zero-order chi connectivity index (χ0) is 12.9. The lowest BCUT2D eigenvalue weighted by molar-refractivity contribution is -0.325. The van der Waals surface area contributed by atoms with Crippen LogP contribution in [0.15, 0.2) is 0 Å². The summed E-state index contributed by atoms with van der Waals surface area (Å²) in [5.41, 5.74) is 0. The number of nitrogens with zero attached hydrogens (tertiary/aromatic N) is 1. The molecule has 0 aromatic heterocycles. The van der Waals surface area contributed by atoms with Crippen molar-refractivity contribution in [2.24, 2.45) is 5.92 Å². The summed E-state index contributed by atoms with van der Waals surface area (Å²) in [6.07, 6.45) is -2.43. The zero-order valence-corrected chi connectivity index (χ0v) is 10.4. The summed E-state index contributed by atoms with van der Waals surface area (Å²) < 4.78 is 39.1. The Morgan fingerprint density at radius 3 is 2.41 bits per heavy atom. The minimum atomic E-state index is -4.50. The van der Waals surface area contributed by atoms with E-state index in [1.165, 1.54) is 0 Å². The van der Waals surface area contributed by atoms with E-state index in [1.54, 1.807) is 0 Å². The van der Waals surface area contributed by atoms with E-state index in [1.807, 2.05) is 11.9 Å². The fourth-order valence-corrected chi connectivity index (χ4v) is 2.20. The molecule has 0 aromatic carbocycles. The summed E-state index contributed by atoms with van der Waals surface area (Å²) in [4.78, 5) is 2.03. The monoisotopic (exact) mass is 254 g/mol. The van der Waals surface area contributed by atoms with Gasteiger partial charge in [0, 0.05) is 12.6 Å². The van der Waals surface area contributed by atoms with Crippen molar-refractivity contribution in [2.45, 2.75) is 32.2 Å². The maximum Gasteiger partial charge on any atom is 0.522 e. The van der Waals surface area contributed by atoms with Crippen LogP contribution in [0.2, 0.25) is 0 Å². The molecule has 17 heavy (non-hydrogen) atoms. The van der Waals surface area contributed by atoms with Crippen LogP contribution in [-0.2, 0) is 4.74 Å². The Bertz CT molecular complexity index is 215. The number of alkyl halides is 3. The van der Waals surface area contributed by atoms with E-state index in [0.29, 0.717) is 18.5 Å². The first-order valence-corrected chi connectivity index (χ1v) is 6.02. The Hall–Kier alpha value is -0.330. The summed E-state index contributed by atoms with van der Waals surface area (Å²) >= 11 is 0. The molecule has 1 aliphatic rings. The maximum absolute atomic E-state index is 11.8. The molecular formula is C11H21F3N2O. The average molecular weight is 254 g/mol. The molecular weight excluding hydrogens is 233 g/mol. The van der Waals surface area contributed by atoms with Gasteiger partial charge in [0.05, 0.1) is 6.61 Å². The number of nitrogens with one attached hydrogen (secondary N) is 1. The molecule has 1 fully saturated rings. The molecule has 1 rings (SSSR count). The largest absolute Gasteiger partial charge is 0.522 e. The van der Waals surface area contributed by atoms with Gasteiger partial charge in [0.2, 0.25) is 0 Å². The molecule has 6 heteroatoms. The molecule has 1 atom stereocenters. The smallest absolute Gasteiger partial charge is 0.317 e. The minimum absolute atomic E-state index is 0.268. The van der Waals surface area contributed by atoms with Gasteiger partial charge in [0.15, 0.2) is 0 Å². The lowest BCUT2D eigenvalue weighted by Crippen LogP contribution is -2.42. The van der Waals surface area contributed by atoms with Crippen LogP contribution < -0.4 is 5.32 Å². The van der Waals surface area contributed by atoms with Crippen molar-refractivity contribution < 1.29 is 17.9 Å². The second-order valence-electron chi connectivity index (χ2n) is 4.55. The lowest BCUT2D eigenvalue weighted by Gasteiger charge is -2.34. The van der Waals surface area contributed by atoms with Gasteiger partial charge in [-0.15, -0.1) is 13.2 Å². The Balaban J connectivity index is 2.15. The summed E-state index contributed by atoms with van der Waals surface area (Å²) in [7, 11) is 1.94. The molecule has 0 amide bonds. The predicted octanol–water partition coefficient (Wildman–Crippen LogP) is 1.84. The average Bonchev–Trinajstić information content (AvgIpc) is 2.27. The second-order valence-corrected chi connectivity index (χ2v) is 4.55. The van der Waals surface area contributed by atoms with E-state index in [2.05, 4.69) is 17.0 Å². The van der Waals surface area contributed by atoms with E-state index in [4.69, 9.17) is 0 Å². The third kappa shape index (κ3) is 5.70. The molecule has 1 aliphatic heterocycles. The van der Waals surface area contributed by atoms with E-state index in [0.717, 1.165) is 25.9 Å². The molecule has 1 saturated heterocycles. The maximum atomic E-state index is 11.8. The van der Waals surface area contributed by atoms with Gasteiger partial charge < -0.3 is 10.2 Å². The van der Waals surface area contributed by atoms with Gasteiger partial charge in [-0.05, 0) is 45.8 Å². The van der Waals surface area contributed by atoms with Crippen LogP contribution in [0.4, 0.5) is 13.2 Å². The van der Waals surface area contributed by atoms with Crippen LogP contribution in [0.1, 0.15) is 19.8 Å². The summed E-state index contributed by atoms with van der Waals surface area (Å²) in [6, 6.07) is 0.476. The third-order valence-corrected chi connectivity index (χ3v) is 3.47. The van der Waals surface area contributed by atoms with Gasteiger partial charge >= 0.3 is 6.36 Å². The zero-order valence-electron chi connectivity index (χ0n) is 10.4. The second kappa shape index (κ2) is 6.56. The first-order valence-electron chi connectivity index (χ1n) is 6.02. The number of piperidine rings is 1.